The molecular weight excluding hydrogens is 343 g/mol. The lowest BCUT2D eigenvalue weighted by Crippen LogP contribution is -2.38. The number of benzene rings is 1. The normalized spacial score (nSPS) is 12.1. The van der Waals surface area contributed by atoms with Gasteiger partial charge in [-0.05, 0) is 19.1 Å². The minimum absolute atomic E-state index is 0.0267. The Kier molecular flexibility index (Phi) is 5.42. The molecule has 1 aromatic heterocycles. The van der Waals surface area contributed by atoms with Crippen molar-refractivity contribution in [2.24, 2.45) is 5.10 Å². The Morgan fingerprint density at radius 3 is 2.88 bits per heavy atom. The second kappa shape index (κ2) is 7.51. The first-order valence-corrected chi connectivity index (χ1v) is 6.98. The van der Waals surface area contributed by atoms with Crippen molar-refractivity contribution in [3.05, 3.63) is 55.4 Å². The molecule has 2 rings (SSSR count). The van der Waals surface area contributed by atoms with Gasteiger partial charge in [-0.25, -0.2) is 19.7 Å². The van der Waals surface area contributed by atoms with E-state index in [0.717, 1.165) is 6.21 Å². The molecule has 126 valence electrons. The Morgan fingerprint density at radius 2 is 2.21 bits per heavy atom. The van der Waals surface area contributed by atoms with Gasteiger partial charge < -0.3 is 5.32 Å². The highest BCUT2D eigenvalue weighted by Crippen LogP contribution is 2.16. The summed E-state index contributed by atoms with van der Waals surface area (Å²) in [6.45, 7) is 1.44. The Labute approximate surface area is 138 Å². The molecule has 0 fully saturated rings. The average Bonchev–Trinajstić information content (AvgIpc) is 2.52. The lowest BCUT2D eigenvalue weighted by Gasteiger charge is -2.11. The topological polar surface area (TPSA) is 132 Å². The van der Waals surface area contributed by atoms with Crippen molar-refractivity contribution in [3.63, 3.8) is 0 Å². The molecule has 11 heteroatoms. The first-order chi connectivity index (χ1) is 11.4. The van der Waals surface area contributed by atoms with Gasteiger partial charge in [0, 0.05) is 5.56 Å². The summed E-state index contributed by atoms with van der Waals surface area (Å²) < 4.78 is 13.5. The SMILES string of the molecule is C[C@@H](Nc1n[nH]c(=O)[nH]c1=O)C(=O)N/N=C\c1c(F)cccc1Cl. The number of nitrogens with one attached hydrogen (secondary N) is 4. The molecule has 0 bridgehead atoms. The van der Waals surface area contributed by atoms with Crippen LogP contribution in [0, 0.1) is 5.82 Å². The van der Waals surface area contributed by atoms with Gasteiger partial charge in [-0.15, -0.1) is 5.10 Å². The van der Waals surface area contributed by atoms with Crippen molar-refractivity contribution in [2.45, 2.75) is 13.0 Å². The highest BCUT2D eigenvalue weighted by Gasteiger charge is 2.14. The fourth-order valence-corrected chi connectivity index (χ4v) is 1.82. The molecule has 1 amide bonds. The van der Waals surface area contributed by atoms with Crippen molar-refractivity contribution in [1.82, 2.24) is 20.6 Å². The fourth-order valence-electron chi connectivity index (χ4n) is 1.61. The van der Waals surface area contributed by atoms with Crippen molar-refractivity contribution in [1.29, 1.82) is 0 Å². The summed E-state index contributed by atoms with van der Waals surface area (Å²) in [5, 5.41) is 11.7. The number of aromatic amines is 2. The van der Waals surface area contributed by atoms with Crippen LogP contribution in [0.25, 0.3) is 0 Å². The molecule has 24 heavy (non-hydrogen) atoms. The first kappa shape index (κ1) is 17.3. The predicted octanol–water partition coefficient (Wildman–Crippen LogP) is 0.201. The van der Waals surface area contributed by atoms with E-state index in [4.69, 9.17) is 11.6 Å². The molecular formula is C13H12ClFN6O3. The van der Waals surface area contributed by atoms with E-state index in [1.165, 1.54) is 25.1 Å². The zero-order valence-electron chi connectivity index (χ0n) is 12.3. The molecule has 0 aliphatic carbocycles. The number of anilines is 1. The third kappa shape index (κ3) is 4.26. The van der Waals surface area contributed by atoms with Gasteiger partial charge in [0.05, 0.1) is 11.2 Å². The average molecular weight is 355 g/mol. The number of H-pyrrole nitrogens is 2. The van der Waals surface area contributed by atoms with E-state index in [-0.39, 0.29) is 16.4 Å². The van der Waals surface area contributed by atoms with Crippen LogP contribution in [0.15, 0.2) is 32.9 Å². The number of hydrazone groups is 1. The third-order valence-electron chi connectivity index (χ3n) is 2.83. The Morgan fingerprint density at radius 1 is 1.46 bits per heavy atom. The van der Waals surface area contributed by atoms with Gasteiger partial charge in [0.25, 0.3) is 11.5 Å². The predicted molar refractivity (Wildman–Crippen MR) is 85.7 cm³/mol. The number of carbonyl (C=O) groups is 1. The summed E-state index contributed by atoms with van der Waals surface area (Å²) in [5.74, 6) is -1.44. The maximum atomic E-state index is 13.5. The van der Waals surface area contributed by atoms with Crippen LogP contribution < -0.4 is 22.0 Å². The maximum absolute atomic E-state index is 13.5. The molecule has 4 N–H and O–H groups in total. The maximum Gasteiger partial charge on any atom is 0.342 e. The zero-order chi connectivity index (χ0) is 17.7. The van der Waals surface area contributed by atoms with Crippen LogP contribution in [0.3, 0.4) is 0 Å². The van der Waals surface area contributed by atoms with Gasteiger partial charge in [-0.1, -0.05) is 17.7 Å². The Bertz CT molecular complexity index is 874. The minimum atomic E-state index is -0.905. The van der Waals surface area contributed by atoms with Gasteiger partial charge >= 0.3 is 5.69 Å². The second-order valence-electron chi connectivity index (χ2n) is 4.59. The third-order valence-corrected chi connectivity index (χ3v) is 3.16. The molecule has 0 saturated heterocycles. The fraction of sp³-hybridized carbons (Fsp3) is 0.154. The van der Waals surface area contributed by atoms with E-state index in [2.05, 4.69) is 20.9 Å². The molecule has 0 radical (unpaired) electrons. The van der Waals surface area contributed by atoms with Gasteiger partial charge in [-0.3, -0.25) is 14.6 Å². The van der Waals surface area contributed by atoms with E-state index < -0.39 is 29.0 Å². The van der Waals surface area contributed by atoms with Crippen molar-refractivity contribution >= 4 is 29.5 Å². The molecule has 1 atom stereocenters. The van der Waals surface area contributed by atoms with E-state index >= 15 is 0 Å². The summed E-state index contributed by atoms with van der Waals surface area (Å²) in [6.07, 6.45) is 1.06. The van der Waals surface area contributed by atoms with Crippen molar-refractivity contribution in [3.8, 4) is 0 Å². The van der Waals surface area contributed by atoms with E-state index in [0.29, 0.717) is 0 Å². The summed E-state index contributed by atoms with van der Waals surface area (Å²) in [6, 6.07) is 3.21. The van der Waals surface area contributed by atoms with Crippen LogP contribution in [0.4, 0.5) is 10.2 Å². The number of carbonyl (C=O) groups excluding carboxylic acids is 1. The number of nitrogens with zero attached hydrogens (tertiary/aromatic N) is 2. The van der Waals surface area contributed by atoms with Gasteiger partial charge in [0.15, 0.2) is 0 Å². The zero-order valence-corrected chi connectivity index (χ0v) is 13.0. The molecule has 2 aromatic rings. The Hall–Kier alpha value is -3.01. The number of amides is 1. The van der Waals surface area contributed by atoms with E-state index in [1.807, 2.05) is 10.1 Å². The van der Waals surface area contributed by atoms with E-state index in [9.17, 15) is 18.8 Å². The summed E-state index contributed by atoms with van der Waals surface area (Å²) >= 11 is 5.81. The van der Waals surface area contributed by atoms with Crippen molar-refractivity contribution < 1.29 is 9.18 Å². The van der Waals surface area contributed by atoms with Crippen LogP contribution in [-0.4, -0.2) is 33.3 Å². The highest BCUT2D eigenvalue weighted by atomic mass is 35.5. The van der Waals surface area contributed by atoms with Crippen LogP contribution in [-0.2, 0) is 4.79 Å². The number of hydrogen-bond donors (Lipinski definition) is 4. The molecule has 1 aromatic carbocycles. The lowest BCUT2D eigenvalue weighted by atomic mass is 10.2. The largest absolute Gasteiger partial charge is 0.353 e. The molecule has 9 nitrogen and oxygen atoms in total. The minimum Gasteiger partial charge on any atom is -0.353 e. The monoisotopic (exact) mass is 354 g/mol. The first-order valence-electron chi connectivity index (χ1n) is 6.61. The number of hydrogen-bond acceptors (Lipinski definition) is 6. The van der Waals surface area contributed by atoms with Crippen LogP contribution in [0.5, 0.6) is 0 Å². The standard InChI is InChI=1S/C13H12ClFN6O3/c1-6(17-10-12(23)18-13(24)21-19-10)11(22)20-16-5-7-8(14)3-2-4-9(7)15/h2-6H,1H3,(H,17,19)(H,20,22)(H2,18,21,23,24)/b16-5-/t6-/m1/s1. The van der Waals surface area contributed by atoms with Crippen molar-refractivity contribution in [2.75, 3.05) is 5.32 Å². The molecule has 0 aliphatic rings. The van der Waals surface area contributed by atoms with Gasteiger partial charge in [0.2, 0.25) is 5.82 Å². The molecule has 0 saturated carbocycles. The van der Waals surface area contributed by atoms with Crippen LogP contribution in [0.2, 0.25) is 5.02 Å². The Balaban J connectivity index is 2.00. The smallest absolute Gasteiger partial charge is 0.342 e. The molecule has 0 unspecified atom stereocenters. The summed E-state index contributed by atoms with van der Waals surface area (Å²) in [4.78, 5) is 36.1. The summed E-state index contributed by atoms with van der Waals surface area (Å²) in [7, 11) is 0. The molecule has 0 spiro atoms. The quantitative estimate of drug-likeness (QED) is 0.450. The molecule has 0 aliphatic heterocycles. The van der Waals surface area contributed by atoms with Crippen LogP contribution >= 0.6 is 11.6 Å². The lowest BCUT2D eigenvalue weighted by molar-refractivity contribution is -0.121. The van der Waals surface area contributed by atoms with Crippen LogP contribution in [0.1, 0.15) is 12.5 Å². The van der Waals surface area contributed by atoms with Gasteiger partial charge in [0.1, 0.15) is 11.9 Å². The van der Waals surface area contributed by atoms with Gasteiger partial charge in [-0.2, -0.15) is 5.10 Å². The summed E-state index contributed by atoms with van der Waals surface area (Å²) in [5.41, 5.74) is 0.647. The number of halogens is 2. The molecule has 1 heterocycles. The second-order valence-corrected chi connectivity index (χ2v) is 5.00. The number of aromatic nitrogens is 3. The van der Waals surface area contributed by atoms with E-state index in [1.54, 1.807) is 0 Å². The highest BCUT2D eigenvalue weighted by molar-refractivity contribution is 6.33. The number of rotatable bonds is 5.